The molecule has 5 nitrogen and oxygen atoms in total. The Morgan fingerprint density at radius 2 is 2.24 bits per heavy atom. The molecule has 0 bridgehead atoms. The molecule has 0 fully saturated rings. The van der Waals surface area contributed by atoms with Crippen LogP contribution in [-0.4, -0.2) is 21.9 Å². The van der Waals surface area contributed by atoms with Gasteiger partial charge in [0.1, 0.15) is 0 Å². The van der Waals surface area contributed by atoms with Gasteiger partial charge >= 0.3 is 0 Å². The Kier molecular flexibility index (Phi) is 5.15. The van der Waals surface area contributed by atoms with Gasteiger partial charge in [-0.3, -0.25) is 9.56 Å². The Morgan fingerprint density at radius 1 is 1.48 bits per heavy atom. The largest absolute Gasteiger partial charge is 0.548 e. The van der Waals surface area contributed by atoms with Crippen LogP contribution in [0.5, 0.6) is 5.88 Å². The van der Waals surface area contributed by atoms with Crippen LogP contribution in [0.4, 0.5) is 5.69 Å². The summed E-state index contributed by atoms with van der Waals surface area (Å²) >= 11 is 6.47. The van der Waals surface area contributed by atoms with Crippen LogP contribution < -0.4 is 5.11 Å². The molecule has 1 N–H and O–H groups in total. The average Bonchev–Trinajstić information content (AvgIpc) is 3.11. The maximum absolute atomic E-state index is 11.5. The number of aromatic hydroxyl groups is 1. The molecule has 1 atom stereocenters. The number of aliphatic imine (C=N–C) groups is 1. The average molecular weight is 373 g/mol. The summed E-state index contributed by atoms with van der Waals surface area (Å²) in [5, 5.41) is 22.1. The number of allylic oxidation sites excluding steroid dienone is 1. The lowest BCUT2D eigenvalue weighted by Crippen LogP contribution is -2.33. The highest BCUT2D eigenvalue weighted by molar-refractivity contribution is 7.73. The van der Waals surface area contributed by atoms with Crippen molar-refractivity contribution in [2.45, 2.75) is 32.2 Å². The smallest absolute Gasteiger partial charge is 0.211 e. The third-order valence-electron chi connectivity index (χ3n) is 4.10. The predicted octanol–water partition coefficient (Wildman–Crippen LogP) is 3.72. The Hall–Kier alpha value is -2.25. The molecule has 2 heterocycles. The van der Waals surface area contributed by atoms with Crippen molar-refractivity contribution in [2.24, 2.45) is 4.99 Å². The van der Waals surface area contributed by atoms with Crippen LogP contribution in [0.1, 0.15) is 42.7 Å². The lowest BCUT2D eigenvalue weighted by atomic mass is 10.1. The first-order chi connectivity index (χ1) is 12.0. The van der Waals surface area contributed by atoms with Crippen LogP contribution in [-0.2, 0) is 4.79 Å². The third kappa shape index (κ3) is 3.43. The van der Waals surface area contributed by atoms with Gasteiger partial charge in [0, 0.05) is 17.4 Å². The summed E-state index contributed by atoms with van der Waals surface area (Å²) in [6.45, 7) is 1.98. The number of benzene rings is 1. The molecule has 25 heavy (non-hydrogen) atoms. The number of carboxylic acids is 1. The first kappa shape index (κ1) is 17.6. The number of aliphatic carboxylic acids is 1. The summed E-state index contributed by atoms with van der Waals surface area (Å²) in [4.78, 5) is 16.4. The molecule has 130 valence electrons. The quantitative estimate of drug-likeness (QED) is 0.783. The minimum atomic E-state index is -1.23. The van der Waals surface area contributed by atoms with Gasteiger partial charge in [-0.2, -0.15) is 0 Å². The Balaban J connectivity index is 2.01. The van der Waals surface area contributed by atoms with E-state index in [1.54, 1.807) is 12.3 Å². The molecule has 1 aromatic heterocycles. The SMILES string of the molecule is CCCCC(C(=O)[O-])n1c(O)c(/C=C2\C=Nc3ccccc32)sc1=S. The highest BCUT2D eigenvalue weighted by Gasteiger charge is 2.21. The van der Waals surface area contributed by atoms with Crippen LogP contribution in [0.3, 0.4) is 0 Å². The number of hydrogen-bond acceptors (Lipinski definition) is 6. The van der Waals surface area contributed by atoms with Crippen LogP contribution in [0.15, 0.2) is 29.3 Å². The molecular formula is C18H17N2O3S2-. The molecule has 1 aliphatic rings. The minimum absolute atomic E-state index is 0.134. The summed E-state index contributed by atoms with van der Waals surface area (Å²) in [6, 6.07) is 6.74. The minimum Gasteiger partial charge on any atom is -0.548 e. The van der Waals surface area contributed by atoms with E-state index >= 15 is 0 Å². The molecule has 7 heteroatoms. The second-order valence-corrected chi connectivity index (χ2v) is 7.45. The van der Waals surface area contributed by atoms with Gasteiger partial charge in [0.25, 0.3) is 0 Å². The van der Waals surface area contributed by atoms with E-state index in [-0.39, 0.29) is 5.88 Å². The first-order valence-corrected chi connectivity index (χ1v) is 9.25. The van der Waals surface area contributed by atoms with Crippen molar-refractivity contribution in [1.29, 1.82) is 0 Å². The molecule has 0 saturated heterocycles. The number of unbranched alkanes of at least 4 members (excludes halogenated alkanes) is 1. The number of thiazole rings is 1. The van der Waals surface area contributed by atoms with E-state index in [2.05, 4.69) is 4.99 Å². The number of para-hydroxylation sites is 1. The molecule has 1 unspecified atom stereocenters. The molecule has 2 aromatic rings. The summed E-state index contributed by atoms with van der Waals surface area (Å²) in [5.74, 6) is -1.37. The molecule has 0 saturated carbocycles. The van der Waals surface area contributed by atoms with E-state index in [1.165, 1.54) is 15.9 Å². The van der Waals surface area contributed by atoms with Crippen LogP contribution in [0, 0.1) is 3.95 Å². The number of aromatic nitrogens is 1. The van der Waals surface area contributed by atoms with Crippen LogP contribution >= 0.6 is 23.6 Å². The van der Waals surface area contributed by atoms with Gasteiger partial charge in [0.2, 0.25) is 5.88 Å². The topological polar surface area (TPSA) is 77.6 Å². The van der Waals surface area contributed by atoms with Gasteiger partial charge in [0.05, 0.1) is 22.6 Å². The van der Waals surface area contributed by atoms with Crippen molar-refractivity contribution in [3.63, 3.8) is 0 Å². The molecular weight excluding hydrogens is 356 g/mol. The molecule has 1 aromatic carbocycles. The molecule has 0 amide bonds. The van der Waals surface area contributed by atoms with E-state index in [9.17, 15) is 15.0 Å². The van der Waals surface area contributed by atoms with Gasteiger partial charge in [-0.1, -0.05) is 38.0 Å². The van der Waals surface area contributed by atoms with Crippen LogP contribution in [0.2, 0.25) is 0 Å². The monoisotopic (exact) mass is 373 g/mol. The molecule has 0 radical (unpaired) electrons. The number of carbonyl (C=O) groups is 1. The number of fused-ring (bicyclic) bond motifs is 1. The zero-order valence-electron chi connectivity index (χ0n) is 13.6. The van der Waals surface area contributed by atoms with Gasteiger partial charge in [-0.15, -0.1) is 11.3 Å². The normalized spacial score (nSPS) is 15.5. The van der Waals surface area contributed by atoms with Crippen molar-refractivity contribution < 1.29 is 15.0 Å². The number of hydrogen-bond donors (Lipinski definition) is 1. The van der Waals surface area contributed by atoms with Gasteiger partial charge < -0.3 is 15.0 Å². The van der Waals surface area contributed by atoms with Crippen molar-refractivity contribution in [1.82, 2.24) is 4.57 Å². The fourth-order valence-corrected chi connectivity index (χ4v) is 4.17. The maximum atomic E-state index is 11.5. The molecule has 1 aliphatic heterocycles. The second-order valence-electron chi connectivity index (χ2n) is 5.78. The van der Waals surface area contributed by atoms with Gasteiger partial charge in [-0.05, 0) is 30.8 Å². The Morgan fingerprint density at radius 3 is 2.96 bits per heavy atom. The lowest BCUT2D eigenvalue weighted by molar-refractivity contribution is -0.310. The van der Waals surface area contributed by atoms with E-state index in [4.69, 9.17) is 12.2 Å². The Labute approximate surface area is 154 Å². The first-order valence-electron chi connectivity index (χ1n) is 8.03. The fourth-order valence-electron chi connectivity index (χ4n) is 2.81. The number of rotatable bonds is 6. The number of nitrogens with zero attached hydrogens (tertiary/aromatic N) is 2. The molecule has 0 aliphatic carbocycles. The van der Waals surface area contributed by atoms with Crippen LogP contribution in [0.25, 0.3) is 11.6 Å². The fraction of sp³-hybridized carbons (Fsp3) is 0.278. The molecule has 0 spiro atoms. The van der Waals surface area contributed by atoms with E-state index in [0.717, 1.165) is 23.2 Å². The van der Waals surface area contributed by atoms with Crippen molar-refractivity contribution in [2.75, 3.05) is 0 Å². The summed E-state index contributed by atoms with van der Waals surface area (Å²) < 4.78 is 1.60. The maximum Gasteiger partial charge on any atom is 0.211 e. The lowest BCUT2D eigenvalue weighted by Gasteiger charge is -2.20. The zero-order valence-corrected chi connectivity index (χ0v) is 15.3. The Bertz CT molecular complexity index is 925. The second kappa shape index (κ2) is 7.33. The van der Waals surface area contributed by atoms with Crippen molar-refractivity contribution in [3.8, 4) is 5.88 Å². The highest BCUT2D eigenvalue weighted by atomic mass is 32.1. The number of carboxylic acid groups (broad SMARTS) is 1. The zero-order chi connectivity index (χ0) is 18.0. The van der Waals surface area contributed by atoms with Crippen molar-refractivity contribution in [3.05, 3.63) is 38.7 Å². The third-order valence-corrected chi connectivity index (χ3v) is 5.44. The standard InChI is InChI=1S/C18H18N2O3S2/c1-2-3-8-14(17(22)23)20-16(21)15(25-18(20)24)9-11-10-19-13-7-5-4-6-12(11)13/h4-7,9-10,14,21H,2-3,8H2,1H3,(H,22,23)/p-1/b11-9+. The van der Waals surface area contributed by atoms with E-state index in [0.29, 0.717) is 21.7 Å². The number of carbonyl (C=O) groups excluding carboxylic acids is 1. The van der Waals surface area contributed by atoms with Gasteiger partial charge in [0.15, 0.2) is 3.95 Å². The van der Waals surface area contributed by atoms with E-state index in [1.807, 2.05) is 31.2 Å². The highest BCUT2D eigenvalue weighted by Crippen LogP contribution is 2.37. The van der Waals surface area contributed by atoms with Gasteiger partial charge in [-0.25, -0.2) is 0 Å². The predicted molar refractivity (Wildman–Crippen MR) is 101 cm³/mol. The molecule has 3 rings (SSSR count). The summed E-state index contributed by atoms with van der Waals surface area (Å²) in [7, 11) is 0. The van der Waals surface area contributed by atoms with Crippen molar-refractivity contribution >= 4 is 53.1 Å². The van der Waals surface area contributed by atoms with E-state index < -0.39 is 12.0 Å². The summed E-state index contributed by atoms with van der Waals surface area (Å²) in [6.07, 6.45) is 5.45. The summed E-state index contributed by atoms with van der Waals surface area (Å²) in [5.41, 5.74) is 2.69.